The number of anilines is 1. The molecule has 1 aliphatic rings. The van der Waals surface area contributed by atoms with Gasteiger partial charge in [-0.15, -0.1) is 0 Å². The van der Waals surface area contributed by atoms with E-state index in [9.17, 15) is 9.90 Å². The van der Waals surface area contributed by atoms with Crippen LogP contribution in [0.5, 0.6) is 5.75 Å². The van der Waals surface area contributed by atoms with Crippen LogP contribution in [0, 0.1) is 0 Å². The minimum atomic E-state index is -1.09. The number of ether oxygens (including phenoxy) is 1. The highest BCUT2D eigenvalue weighted by Gasteiger charge is 2.27. The highest BCUT2D eigenvalue weighted by atomic mass is 16.5. The Hall–Kier alpha value is -2.53. The number of piperazine rings is 1. The lowest BCUT2D eigenvalue weighted by atomic mass is 10.1. The molecular formula is C19H22N2O3. The molecule has 0 bridgehead atoms. The SMILES string of the molecule is COc1cccc(N2CCN(C(=O)C(O)c3ccccc3)CC2)c1. The number of carbonyl (C=O) groups excluding carboxylic acids is 1. The average molecular weight is 326 g/mol. The Morgan fingerprint density at radius 2 is 1.75 bits per heavy atom. The molecule has 0 aromatic heterocycles. The van der Waals surface area contributed by atoms with E-state index in [4.69, 9.17) is 4.74 Å². The predicted octanol–water partition coefficient (Wildman–Crippen LogP) is 2.08. The molecule has 1 saturated heterocycles. The zero-order valence-electron chi connectivity index (χ0n) is 13.8. The van der Waals surface area contributed by atoms with E-state index in [0.29, 0.717) is 18.7 Å². The van der Waals surface area contributed by atoms with Gasteiger partial charge in [0.05, 0.1) is 7.11 Å². The summed E-state index contributed by atoms with van der Waals surface area (Å²) in [5, 5.41) is 10.3. The van der Waals surface area contributed by atoms with Gasteiger partial charge >= 0.3 is 0 Å². The van der Waals surface area contributed by atoms with E-state index in [1.165, 1.54) is 0 Å². The lowest BCUT2D eigenvalue weighted by molar-refractivity contribution is -0.140. The summed E-state index contributed by atoms with van der Waals surface area (Å²) >= 11 is 0. The Balaban J connectivity index is 1.61. The lowest BCUT2D eigenvalue weighted by Gasteiger charge is -2.37. The molecule has 0 spiro atoms. The Bertz CT molecular complexity index is 682. The van der Waals surface area contributed by atoms with Gasteiger partial charge in [-0.25, -0.2) is 0 Å². The van der Waals surface area contributed by atoms with Crippen LogP contribution in [-0.4, -0.2) is 49.2 Å². The highest BCUT2D eigenvalue weighted by Crippen LogP contribution is 2.23. The maximum absolute atomic E-state index is 12.5. The first kappa shape index (κ1) is 16.3. The highest BCUT2D eigenvalue weighted by molar-refractivity contribution is 5.82. The Kier molecular flexibility index (Phi) is 5.01. The lowest BCUT2D eigenvalue weighted by Crippen LogP contribution is -2.50. The van der Waals surface area contributed by atoms with Gasteiger partial charge in [0, 0.05) is 37.9 Å². The van der Waals surface area contributed by atoms with Crippen molar-refractivity contribution in [1.29, 1.82) is 0 Å². The number of nitrogens with zero attached hydrogens (tertiary/aromatic N) is 2. The van der Waals surface area contributed by atoms with Crippen molar-refractivity contribution in [2.24, 2.45) is 0 Å². The van der Waals surface area contributed by atoms with Gasteiger partial charge in [0.2, 0.25) is 0 Å². The zero-order chi connectivity index (χ0) is 16.9. The molecule has 1 atom stereocenters. The normalized spacial score (nSPS) is 15.9. The third-order valence-corrected chi connectivity index (χ3v) is 4.36. The number of carbonyl (C=O) groups is 1. The number of benzene rings is 2. The third-order valence-electron chi connectivity index (χ3n) is 4.36. The maximum atomic E-state index is 12.5. The molecule has 126 valence electrons. The summed E-state index contributed by atoms with van der Waals surface area (Å²) in [6.45, 7) is 2.67. The van der Waals surface area contributed by atoms with Gasteiger partial charge in [0.15, 0.2) is 6.10 Å². The van der Waals surface area contributed by atoms with E-state index in [-0.39, 0.29) is 5.91 Å². The fourth-order valence-electron chi connectivity index (χ4n) is 2.94. The first-order chi connectivity index (χ1) is 11.7. The van der Waals surface area contributed by atoms with Crippen molar-refractivity contribution in [1.82, 2.24) is 4.90 Å². The molecular weight excluding hydrogens is 304 g/mol. The van der Waals surface area contributed by atoms with Crippen LogP contribution < -0.4 is 9.64 Å². The second-order valence-electron chi connectivity index (χ2n) is 5.83. The molecule has 0 saturated carbocycles. The first-order valence-corrected chi connectivity index (χ1v) is 8.10. The Labute approximate surface area is 142 Å². The van der Waals surface area contributed by atoms with Crippen molar-refractivity contribution < 1.29 is 14.6 Å². The van der Waals surface area contributed by atoms with Crippen molar-refractivity contribution in [2.75, 3.05) is 38.2 Å². The Morgan fingerprint density at radius 3 is 2.42 bits per heavy atom. The summed E-state index contributed by atoms with van der Waals surface area (Å²) in [4.78, 5) is 16.4. The summed E-state index contributed by atoms with van der Waals surface area (Å²) in [7, 11) is 1.65. The quantitative estimate of drug-likeness (QED) is 0.935. The van der Waals surface area contributed by atoms with Crippen LogP contribution in [-0.2, 0) is 4.79 Å². The third kappa shape index (κ3) is 3.51. The van der Waals surface area contributed by atoms with Crippen LogP contribution in [0.1, 0.15) is 11.7 Å². The molecule has 0 aliphatic carbocycles. The largest absolute Gasteiger partial charge is 0.497 e. The van der Waals surface area contributed by atoms with Crippen LogP contribution in [0.4, 0.5) is 5.69 Å². The van der Waals surface area contributed by atoms with Crippen molar-refractivity contribution in [2.45, 2.75) is 6.10 Å². The minimum Gasteiger partial charge on any atom is -0.497 e. The molecule has 1 fully saturated rings. The monoisotopic (exact) mass is 326 g/mol. The topological polar surface area (TPSA) is 53.0 Å². The fraction of sp³-hybridized carbons (Fsp3) is 0.316. The molecule has 1 unspecified atom stereocenters. The van der Waals surface area contributed by atoms with Gasteiger partial charge in [-0.05, 0) is 17.7 Å². The first-order valence-electron chi connectivity index (χ1n) is 8.10. The van der Waals surface area contributed by atoms with Gasteiger partial charge in [-0.1, -0.05) is 36.4 Å². The molecule has 1 amide bonds. The van der Waals surface area contributed by atoms with Gasteiger partial charge < -0.3 is 19.6 Å². The van der Waals surface area contributed by atoms with Gasteiger partial charge in [-0.2, -0.15) is 0 Å². The second kappa shape index (κ2) is 7.36. The molecule has 1 heterocycles. The number of hydrogen-bond donors (Lipinski definition) is 1. The minimum absolute atomic E-state index is 0.230. The van der Waals surface area contributed by atoms with E-state index in [0.717, 1.165) is 24.5 Å². The van der Waals surface area contributed by atoms with Crippen LogP contribution in [0.15, 0.2) is 54.6 Å². The summed E-state index contributed by atoms with van der Waals surface area (Å²) in [6, 6.07) is 17.0. The van der Waals surface area contributed by atoms with E-state index < -0.39 is 6.10 Å². The molecule has 2 aromatic rings. The standard InChI is InChI=1S/C19H22N2O3/c1-24-17-9-5-8-16(14-17)20-10-12-21(13-11-20)19(23)18(22)15-6-3-2-4-7-15/h2-9,14,18,22H,10-13H2,1H3. The van der Waals surface area contributed by atoms with E-state index in [2.05, 4.69) is 4.90 Å². The van der Waals surface area contributed by atoms with Crippen molar-refractivity contribution >= 4 is 11.6 Å². The molecule has 3 rings (SSSR count). The van der Waals surface area contributed by atoms with Crippen LogP contribution in [0.3, 0.4) is 0 Å². The second-order valence-corrected chi connectivity index (χ2v) is 5.83. The summed E-state index contributed by atoms with van der Waals surface area (Å²) in [5.41, 5.74) is 1.72. The predicted molar refractivity (Wildman–Crippen MR) is 93.2 cm³/mol. The van der Waals surface area contributed by atoms with Gasteiger partial charge in [-0.3, -0.25) is 4.79 Å². The van der Waals surface area contributed by atoms with E-state index in [1.807, 2.05) is 42.5 Å². The fourth-order valence-corrected chi connectivity index (χ4v) is 2.94. The molecule has 1 aliphatic heterocycles. The number of amides is 1. The number of hydrogen-bond acceptors (Lipinski definition) is 4. The summed E-state index contributed by atoms with van der Waals surface area (Å²) < 4.78 is 5.26. The number of aliphatic hydroxyl groups is 1. The summed E-state index contributed by atoms with van der Waals surface area (Å²) in [5.74, 6) is 0.594. The summed E-state index contributed by atoms with van der Waals surface area (Å²) in [6.07, 6.45) is -1.09. The molecule has 1 N–H and O–H groups in total. The molecule has 5 heteroatoms. The van der Waals surface area contributed by atoms with Crippen molar-refractivity contribution in [3.05, 3.63) is 60.2 Å². The van der Waals surface area contributed by atoms with Crippen LogP contribution >= 0.6 is 0 Å². The van der Waals surface area contributed by atoms with Gasteiger partial charge in [0.1, 0.15) is 5.75 Å². The smallest absolute Gasteiger partial charge is 0.256 e. The average Bonchev–Trinajstić information content (AvgIpc) is 2.67. The Morgan fingerprint density at radius 1 is 1.04 bits per heavy atom. The number of aliphatic hydroxyl groups excluding tert-OH is 1. The number of rotatable bonds is 4. The maximum Gasteiger partial charge on any atom is 0.256 e. The van der Waals surface area contributed by atoms with E-state index >= 15 is 0 Å². The van der Waals surface area contributed by atoms with Gasteiger partial charge in [0.25, 0.3) is 5.91 Å². The molecule has 2 aromatic carbocycles. The van der Waals surface area contributed by atoms with E-state index in [1.54, 1.807) is 24.1 Å². The van der Waals surface area contributed by atoms with Crippen molar-refractivity contribution in [3.8, 4) is 5.75 Å². The molecule has 5 nitrogen and oxygen atoms in total. The zero-order valence-corrected chi connectivity index (χ0v) is 13.8. The van der Waals surface area contributed by atoms with Crippen LogP contribution in [0.25, 0.3) is 0 Å². The number of methoxy groups -OCH3 is 1. The molecule has 24 heavy (non-hydrogen) atoms. The molecule has 0 radical (unpaired) electrons. The van der Waals surface area contributed by atoms with Crippen LogP contribution in [0.2, 0.25) is 0 Å². The van der Waals surface area contributed by atoms with Crippen molar-refractivity contribution in [3.63, 3.8) is 0 Å².